The highest BCUT2D eigenvalue weighted by Gasteiger charge is 2.40. The van der Waals surface area contributed by atoms with Gasteiger partial charge in [0, 0.05) is 6.54 Å². The lowest BCUT2D eigenvalue weighted by Gasteiger charge is -2.30. The summed E-state index contributed by atoms with van der Waals surface area (Å²) < 4.78 is 0. The van der Waals surface area contributed by atoms with Crippen molar-refractivity contribution in [2.75, 3.05) is 18.6 Å². The maximum atomic E-state index is 13.1. The number of carbonyl (C=O) groups is 4. The van der Waals surface area contributed by atoms with Gasteiger partial charge in [0.2, 0.25) is 17.7 Å². The van der Waals surface area contributed by atoms with E-state index in [1.807, 2.05) is 6.26 Å². The molecule has 0 radical (unpaired) electrons. The Bertz CT molecular complexity index is 896. The van der Waals surface area contributed by atoms with Gasteiger partial charge >= 0.3 is 5.97 Å². The van der Waals surface area contributed by atoms with Gasteiger partial charge in [-0.15, -0.1) is 0 Å². The molecular weight excluding hydrogens is 476 g/mol. The maximum absolute atomic E-state index is 13.1. The van der Waals surface area contributed by atoms with E-state index in [-0.39, 0.29) is 25.1 Å². The minimum atomic E-state index is -1.36. The lowest BCUT2D eigenvalue weighted by atomic mass is 10.0. The quantitative estimate of drug-likeness (QED) is 0.215. The Morgan fingerprint density at radius 1 is 1.17 bits per heavy atom. The Labute approximate surface area is 208 Å². The summed E-state index contributed by atoms with van der Waals surface area (Å²) in [7, 11) is 0. The fourth-order valence-electron chi connectivity index (χ4n) is 3.87. The van der Waals surface area contributed by atoms with Crippen LogP contribution in [0.25, 0.3) is 0 Å². The predicted octanol–water partition coefficient (Wildman–Crippen LogP) is -0.559. The van der Waals surface area contributed by atoms with E-state index in [0.29, 0.717) is 18.6 Å². The summed E-state index contributed by atoms with van der Waals surface area (Å²) in [6, 6.07) is 1.91. The number of aliphatic hydroxyl groups is 1. The molecule has 5 atom stereocenters. The largest absolute Gasteiger partial charge is 0.508 e. The van der Waals surface area contributed by atoms with E-state index < -0.39 is 54.0 Å². The number of nitrogens with zero attached hydrogens (tertiary/aromatic N) is 1. The van der Waals surface area contributed by atoms with Gasteiger partial charge in [-0.1, -0.05) is 12.1 Å². The number of rotatable bonds is 12. The molecule has 5 unspecified atom stereocenters. The molecule has 1 fully saturated rings. The van der Waals surface area contributed by atoms with Crippen LogP contribution in [-0.4, -0.2) is 92.7 Å². The third kappa shape index (κ3) is 8.11. The first-order chi connectivity index (χ1) is 16.5. The Kier molecular flexibility index (Phi) is 10.8. The van der Waals surface area contributed by atoms with Crippen LogP contribution >= 0.6 is 11.8 Å². The van der Waals surface area contributed by atoms with Crippen LogP contribution < -0.4 is 16.4 Å². The molecule has 3 amide bonds. The number of carbonyl (C=O) groups excluding carboxylic acids is 3. The number of benzene rings is 1. The number of nitrogens with one attached hydrogen (secondary N) is 2. The maximum Gasteiger partial charge on any atom is 0.326 e. The van der Waals surface area contributed by atoms with Crippen molar-refractivity contribution in [3.63, 3.8) is 0 Å². The molecule has 194 valence electrons. The number of carboxylic acid groups (broad SMARTS) is 1. The Morgan fingerprint density at radius 3 is 2.40 bits per heavy atom. The number of phenolic OH excluding ortho intramolecular Hbond substituents is 1. The monoisotopic (exact) mass is 510 g/mol. The molecule has 11 nitrogen and oxygen atoms in total. The topological polar surface area (TPSA) is 182 Å². The molecule has 2 rings (SSSR count). The lowest BCUT2D eigenvalue weighted by Crippen LogP contribution is -2.60. The van der Waals surface area contributed by atoms with Crippen LogP contribution in [0, 0.1) is 0 Å². The van der Waals surface area contributed by atoms with E-state index in [1.165, 1.54) is 30.8 Å². The van der Waals surface area contributed by atoms with Gasteiger partial charge in [-0.25, -0.2) is 4.79 Å². The zero-order valence-corrected chi connectivity index (χ0v) is 20.7. The number of hydrogen-bond donors (Lipinski definition) is 6. The van der Waals surface area contributed by atoms with Crippen molar-refractivity contribution in [2.24, 2.45) is 5.73 Å². The molecular formula is C23H34N4O7S. The summed E-state index contributed by atoms with van der Waals surface area (Å²) in [5, 5.41) is 34.1. The molecule has 1 aromatic carbocycles. The predicted molar refractivity (Wildman–Crippen MR) is 131 cm³/mol. The fourth-order valence-corrected chi connectivity index (χ4v) is 4.34. The summed E-state index contributed by atoms with van der Waals surface area (Å²) in [6.45, 7) is 1.55. The Balaban J connectivity index is 2.08. The summed E-state index contributed by atoms with van der Waals surface area (Å²) in [5.41, 5.74) is 6.75. The first kappa shape index (κ1) is 28.4. The van der Waals surface area contributed by atoms with E-state index in [4.69, 9.17) is 5.73 Å². The molecule has 1 aromatic rings. The Hall–Kier alpha value is -2.83. The number of nitrogens with two attached hydrogens (primary N) is 1. The van der Waals surface area contributed by atoms with E-state index in [0.717, 1.165) is 10.5 Å². The normalized spacial score (nSPS) is 18.9. The van der Waals surface area contributed by atoms with Gasteiger partial charge in [0.15, 0.2) is 0 Å². The van der Waals surface area contributed by atoms with E-state index in [1.54, 1.807) is 12.1 Å². The van der Waals surface area contributed by atoms with Gasteiger partial charge in [0.1, 0.15) is 23.9 Å². The number of amides is 3. The fraction of sp³-hybridized carbons (Fsp3) is 0.565. The van der Waals surface area contributed by atoms with Crippen molar-refractivity contribution in [2.45, 2.75) is 62.9 Å². The molecule has 0 saturated carbocycles. The number of aliphatic carboxylic acids is 1. The molecule has 1 saturated heterocycles. The molecule has 1 heterocycles. The summed E-state index contributed by atoms with van der Waals surface area (Å²) in [6.07, 6.45) is 1.81. The second kappa shape index (κ2) is 13.3. The standard InChI is InChI=1S/C23H34N4O7S/c1-13(28)19(22(32)27-10-3-4-18(27)23(33)34)26-21(31)17(9-11-35-2)25-20(30)16(24)12-14-5-7-15(29)8-6-14/h5-8,13,16-19,28-29H,3-4,9-12,24H2,1-2H3,(H,25,30)(H,26,31)(H,33,34). The summed E-state index contributed by atoms with van der Waals surface area (Å²) in [4.78, 5) is 51.4. The first-order valence-electron chi connectivity index (χ1n) is 11.4. The number of hydrogen-bond acceptors (Lipinski definition) is 8. The average Bonchev–Trinajstić information content (AvgIpc) is 3.31. The molecule has 7 N–H and O–H groups in total. The van der Waals surface area contributed by atoms with Crippen LogP contribution in [-0.2, 0) is 25.6 Å². The molecule has 0 aliphatic carbocycles. The van der Waals surface area contributed by atoms with Crippen molar-refractivity contribution in [3.8, 4) is 5.75 Å². The van der Waals surface area contributed by atoms with Crippen LogP contribution in [0.1, 0.15) is 31.7 Å². The second-order valence-electron chi connectivity index (χ2n) is 8.57. The molecule has 0 spiro atoms. The van der Waals surface area contributed by atoms with Gasteiger partial charge in [-0.05, 0) is 62.3 Å². The van der Waals surface area contributed by atoms with Crippen LogP contribution in [0.2, 0.25) is 0 Å². The second-order valence-corrected chi connectivity index (χ2v) is 9.56. The molecule has 35 heavy (non-hydrogen) atoms. The van der Waals surface area contributed by atoms with Gasteiger partial charge in [-0.3, -0.25) is 14.4 Å². The number of carboxylic acids is 1. The smallest absolute Gasteiger partial charge is 0.326 e. The minimum absolute atomic E-state index is 0.0893. The zero-order valence-electron chi connectivity index (χ0n) is 19.8. The highest BCUT2D eigenvalue weighted by molar-refractivity contribution is 7.98. The van der Waals surface area contributed by atoms with E-state index in [9.17, 15) is 34.5 Å². The highest BCUT2D eigenvalue weighted by Crippen LogP contribution is 2.19. The number of aromatic hydroxyl groups is 1. The van der Waals surface area contributed by atoms with Crippen LogP contribution in [0.3, 0.4) is 0 Å². The van der Waals surface area contributed by atoms with Crippen molar-refractivity contribution in [3.05, 3.63) is 29.8 Å². The van der Waals surface area contributed by atoms with Crippen LogP contribution in [0.15, 0.2) is 24.3 Å². The molecule has 12 heteroatoms. The van der Waals surface area contributed by atoms with Crippen molar-refractivity contribution in [1.82, 2.24) is 15.5 Å². The minimum Gasteiger partial charge on any atom is -0.508 e. The number of phenols is 1. The van der Waals surface area contributed by atoms with Gasteiger partial charge in [-0.2, -0.15) is 11.8 Å². The van der Waals surface area contributed by atoms with Crippen molar-refractivity contribution in [1.29, 1.82) is 0 Å². The first-order valence-corrected chi connectivity index (χ1v) is 12.8. The van der Waals surface area contributed by atoms with Gasteiger partial charge in [0.05, 0.1) is 12.1 Å². The highest BCUT2D eigenvalue weighted by atomic mass is 32.2. The SMILES string of the molecule is CSCCC(NC(=O)C(N)Cc1ccc(O)cc1)C(=O)NC(C(=O)N1CCCC1C(=O)O)C(C)O. The third-order valence-electron chi connectivity index (χ3n) is 5.84. The van der Waals surface area contributed by atoms with Crippen LogP contribution in [0.4, 0.5) is 0 Å². The van der Waals surface area contributed by atoms with E-state index in [2.05, 4.69) is 10.6 Å². The van der Waals surface area contributed by atoms with Crippen LogP contribution in [0.5, 0.6) is 5.75 Å². The summed E-state index contributed by atoms with van der Waals surface area (Å²) >= 11 is 1.47. The molecule has 1 aliphatic rings. The lowest BCUT2D eigenvalue weighted by molar-refractivity contribution is -0.150. The van der Waals surface area contributed by atoms with E-state index >= 15 is 0 Å². The Morgan fingerprint density at radius 2 is 1.83 bits per heavy atom. The molecule has 0 aromatic heterocycles. The summed E-state index contributed by atoms with van der Waals surface area (Å²) in [5.74, 6) is -2.44. The van der Waals surface area contributed by atoms with Gasteiger partial charge < -0.3 is 36.6 Å². The van der Waals surface area contributed by atoms with Crippen molar-refractivity contribution >= 4 is 35.5 Å². The van der Waals surface area contributed by atoms with Gasteiger partial charge in [0.25, 0.3) is 0 Å². The molecule has 1 aliphatic heterocycles. The number of likely N-dealkylation sites (tertiary alicyclic amines) is 1. The average molecular weight is 511 g/mol. The zero-order chi connectivity index (χ0) is 26.1. The molecule has 0 bridgehead atoms. The number of aliphatic hydroxyl groups excluding tert-OH is 1. The third-order valence-corrected chi connectivity index (χ3v) is 6.48. The van der Waals surface area contributed by atoms with Crippen molar-refractivity contribution < 1.29 is 34.5 Å². The number of thioether (sulfide) groups is 1.